The van der Waals surface area contributed by atoms with Crippen molar-refractivity contribution < 1.29 is 4.79 Å². The van der Waals surface area contributed by atoms with Crippen LogP contribution in [0.2, 0.25) is 0 Å². The summed E-state index contributed by atoms with van der Waals surface area (Å²) in [6.07, 6.45) is 2.07. The van der Waals surface area contributed by atoms with E-state index >= 15 is 0 Å². The average molecular weight is 326 g/mol. The highest BCUT2D eigenvalue weighted by molar-refractivity contribution is 9.10. The van der Waals surface area contributed by atoms with Crippen LogP contribution in [-0.4, -0.2) is 48.9 Å². The molecule has 1 saturated heterocycles. The van der Waals surface area contributed by atoms with Crippen LogP contribution in [0.5, 0.6) is 0 Å². The molecule has 1 amide bonds. The largest absolute Gasteiger partial charge is 0.398 e. The molecule has 0 bridgehead atoms. The molecular formula is C14H20BrN3O. The van der Waals surface area contributed by atoms with Gasteiger partial charge in [-0.25, -0.2) is 0 Å². The van der Waals surface area contributed by atoms with E-state index in [9.17, 15) is 4.79 Å². The van der Waals surface area contributed by atoms with Crippen molar-refractivity contribution in [2.75, 3.05) is 32.9 Å². The molecule has 2 N–H and O–H groups in total. The lowest BCUT2D eigenvalue weighted by molar-refractivity contribution is 0.0663. The van der Waals surface area contributed by atoms with Crippen LogP contribution >= 0.6 is 15.9 Å². The van der Waals surface area contributed by atoms with E-state index in [1.165, 1.54) is 0 Å². The molecule has 1 aliphatic rings. The predicted octanol–water partition coefficient (Wildman–Crippen LogP) is 2.20. The summed E-state index contributed by atoms with van der Waals surface area (Å²) < 4.78 is 0.779. The molecule has 2 rings (SSSR count). The Hall–Kier alpha value is -1.07. The quantitative estimate of drug-likeness (QED) is 0.848. The predicted molar refractivity (Wildman–Crippen MR) is 81.2 cm³/mol. The molecule has 104 valence electrons. The van der Waals surface area contributed by atoms with Crippen molar-refractivity contribution in [2.24, 2.45) is 0 Å². The van der Waals surface area contributed by atoms with E-state index in [0.717, 1.165) is 30.4 Å². The van der Waals surface area contributed by atoms with Gasteiger partial charge in [-0.05, 0) is 61.1 Å². The maximum absolute atomic E-state index is 12.4. The molecule has 1 aliphatic heterocycles. The van der Waals surface area contributed by atoms with Gasteiger partial charge in [0.25, 0.3) is 5.91 Å². The Labute approximate surface area is 122 Å². The topological polar surface area (TPSA) is 49.6 Å². The lowest BCUT2D eigenvalue weighted by Crippen LogP contribution is -2.44. The van der Waals surface area contributed by atoms with Gasteiger partial charge in [-0.3, -0.25) is 4.79 Å². The number of nitrogens with two attached hydrogens (primary N) is 1. The molecule has 4 nitrogen and oxygen atoms in total. The highest BCUT2D eigenvalue weighted by atomic mass is 79.9. The van der Waals surface area contributed by atoms with Gasteiger partial charge in [0.1, 0.15) is 0 Å². The summed E-state index contributed by atoms with van der Waals surface area (Å²) in [7, 11) is 4.19. The van der Waals surface area contributed by atoms with Crippen molar-refractivity contribution in [1.29, 1.82) is 0 Å². The Morgan fingerprint density at radius 3 is 2.53 bits per heavy atom. The van der Waals surface area contributed by atoms with Crippen molar-refractivity contribution in [3.05, 3.63) is 28.2 Å². The third-order valence-corrected chi connectivity index (χ3v) is 4.42. The Bertz CT molecular complexity index is 468. The monoisotopic (exact) mass is 325 g/mol. The second-order valence-electron chi connectivity index (χ2n) is 5.22. The molecular weight excluding hydrogens is 306 g/mol. The molecule has 0 spiro atoms. The van der Waals surface area contributed by atoms with E-state index < -0.39 is 0 Å². The fourth-order valence-electron chi connectivity index (χ4n) is 2.43. The standard InChI is InChI=1S/C14H20BrN3O/c1-17(2)11-5-7-18(8-6-11)14(19)10-3-4-13(16)12(15)9-10/h3-4,9,11H,5-8,16H2,1-2H3. The number of halogens is 1. The van der Waals surface area contributed by atoms with E-state index in [2.05, 4.69) is 34.9 Å². The van der Waals surface area contributed by atoms with Gasteiger partial charge in [0.05, 0.1) is 0 Å². The van der Waals surface area contributed by atoms with Crippen molar-refractivity contribution in [1.82, 2.24) is 9.80 Å². The molecule has 0 saturated carbocycles. The minimum atomic E-state index is 0.0953. The van der Waals surface area contributed by atoms with E-state index in [4.69, 9.17) is 5.73 Å². The van der Waals surface area contributed by atoms with Crippen molar-refractivity contribution in [3.63, 3.8) is 0 Å². The Morgan fingerprint density at radius 1 is 1.37 bits per heavy atom. The van der Waals surface area contributed by atoms with Gasteiger partial charge in [-0.1, -0.05) is 0 Å². The first-order chi connectivity index (χ1) is 8.99. The molecule has 0 unspecified atom stereocenters. The number of carbonyl (C=O) groups is 1. The van der Waals surface area contributed by atoms with Gasteiger partial charge < -0.3 is 15.5 Å². The number of rotatable bonds is 2. The van der Waals surface area contributed by atoms with E-state index in [-0.39, 0.29) is 5.91 Å². The Kier molecular flexibility index (Phi) is 4.47. The minimum absolute atomic E-state index is 0.0953. The average Bonchev–Trinajstić information content (AvgIpc) is 2.41. The number of benzene rings is 1. The minimum Gasteiger partial charge on any atom is -0.398 e. The Morgan fingerprint density at radius 2 is 2.00 bits per heavy atom. The number of hydrogen-bond donors (Lipinski definition) is 1. The highest BCUT2D eigenvalue weighted by Crippen LogP contribution is 2.22. The number of amides is 1. The molecule has 0 atom stereocenters. The maximum Gasteiger partial charge on any atom is 0.253 e. The number of piperidine rings is 1. The molecule has 1 aromatic rings. The number of likely N-dealkylation sites (tertiary alicyclic amines) is 1. The van der Waals surface area contributed by atoms with Crippen LogP contribution in [0.25, 0.3) is 0 Å². The van der Waals surface area contributed by atoms with Crippen molar-refractivity contribution >= 4 is 27.5 Å². The summed E-state index contributed by atoms with van der Waals surface area (Å²) in [5, 5.41) is 0. The zero-order valence-electron chi connectivity index (χ0n) is 11.4. The first-order valence-corrected chi connectivity index (χ1v) is 7.29. The molecule has 5 heteroatoms. The van der Waals surface area contributed by atoms with Crippen molar-refractivity contribution in [3.8, 4) is 0 Å². The molecule has 0 aromatic heterocycles. The van der Waals surface area contributed by atoms with Gasteiger partial charge in [0, 0.05) is 34.9 Å². The molecule has 1 aromatic carbocycles. The fourth-order valence-corrected chi connectivity index (χ4v) is 2.81. The number of nitrogen functional groups attached to an aromatic ring is 1. The van der Waals surface area contributed by atoms with E-state index in [0.29, 0.717) is 17.3 Å². The normalized spacial score (nSPS) is 16.9. The van der Waals surface area contributed by atoms with Gasteiger partial charge in [-0.2, -0.15) is 0 Å². The lowest BCUT2D eigenvalue weighted by Gasteiger charge is -2.35. The lowest BCUT2D eigenvalue weighted by atomic mass is 10.0. The summed E-state index contributed by atoms with van der Waals surface area (Å²) in [6.45, 7) is 1.65. The zero-order valence-corrected chi connectivity index (χ0v) is 13.0. The van der Waals surface area contributed by atoms with E-state index in [1.54, 1.807) is 18.2 Å². The van der Waals surface area contributed by atoms with Crippen LogP contribution < -0.4 is 5.73 Å². The van der Waals surface area contributed by atoms with Gasteiger partial charge in [0.15, 0.2) is 0 Å². The van der Waals surface area contributed by atoms with Crippen LogP contribution in [0.15, 0.2) is 22.7 Å². The fraction of sp³-hybridized carbons (Fsp3) is 0.500. The number of hydrogen-bond acceptors (Lipinski definition) is 3. The number of nitrogens with zero attached hydrogens (tertiary/aromatic N) is 2. The second kappa shape index (κ2) is 5.92. The molecule has 1 fully saturated rings. The van der Waals surface area contributed by atoms with Crippen LogP contribution in [0.4, 0.5) is 5.69 Å². The second-order valence-corrected chi connectivity index (χ2v) is 6.08. The summed E-state index contributed by atoms with van der Waals surface area (Å²) in [6, 6.07) is 5.95. The van der Waals surface area contributed by atoms with Crippen LogP contribution in [0.1, 0.15) is 23.2 Å². The van der Waals surface area contributed by atoms with Gasteiger partial charge >= 0.3 is 0 Å². The van der Waals surface area contributed by atoms with Gasteiger partial charge in [-0.15, -0.1) is 0 Å². The van der Waals surface area contributed by atoms with Crippen LogP contribution in [0, 0.1) is 0 Å². The number of anilines is 1. The van der Waals surface area contributed by atoms with Crippen LogP contribution in [0.3, 0.4) is 0 Å². The highest BCUT2D eigenvalue weighted by Gasteiger charge is 2.24. The summed E-state index contributed by atoms with van der Waals surface area (Å²) in [4.78, 5) is 16.6. The third-order valence-electron chi connectivity index (χ3n) is 3.73. The molecule has 1 heterocycles. The van der Waals surface area contributed by atoms with Gasteiger partial charge in [0.2, 0.25) is 0 Å². The zero-order chi connectivity index (χ0) is 14.0. The van der Waals surface area contributed by atoms with Crippen LogP contribution in [-0.2, 0) is 0 Å². The molecule has 0 radical (unpaired) electrons. The Balaban J connectivity index is 2.03. The summed E-state index contributed by atoms with van der Waals surface area (Å²) in [5.41, 5.74) is 7.10. The first-order valence-electron chi connectivity index (χ1n) is 6.50. The number of carbonyl (C=O) groups excluding carboxylic acids is 1. The van der Waals surface area contributed by atoms with Crippen molar-refractivity contribution in [2.45, 2.75) is 18.9 Å². The van der Waals surface area contributed by atoms with E-state index in [1.807, 2.05) is 4.90 Å². The SMILES string of the molecule is CN(C)C1CCN(C(=O)c2ccc(N)c(Br)c2)CC1. The third kappa shape index (κ3) is 3.28. The molecule has 19 heavy (non-hydrogen) atoms. The first kappa shape index (κ1) is 14.3. The summed E-state index contributed by atoms with van der Waals surface area (Å²) >= 11 is 3.36. The molecule has 0 aliphatic carbocycles. The maximum atomic E-state index is 12.4. The summed E-state index contributed by atoms with van der Waals surface area (Å²) in [5.74, 6) is 0.0953. The smallest absolute Gasteiger partial charge is 0.253 e.